The molecule has 7 nitrogen and oxygen atoms in total. The number of hydrogen-bond acceptors (Lipinski definition) is 7. The smallest absolute Gasteiger partial charge is 0.363 e. The van der Waals surface area contributed by atoms with E-state index in [4.69, 9.17) is 9.47 Å². The summed E-state index contributed by atoms with van der Waals surface area (Å²) in [5.74, 6) is 0.259. The number of carbonyl (C=O) groups excluding carboxylic acids is 2. The Morgan fingerprint density at radius 1 is 1.15 bits per heavy atom. The number of rotatable bonds is 6. The quantitative estimate of drug-likeness (QED) is 0.373. The van der Waals surface area contributed by atoms with Crippen LogP contribution in [0.15, 0.2) is 58.5 Å². The van der Waals surface area contributed by atoms with Gasteiger partial charge in [-0.25, -0.2) is 14.8 Å². The van der Waals surface area contributed by atoms with Crippen molar-refractivity contribution in [1.29, 1.82) is 0 Å². The van der Waals surface area contributed by atoms with E-state index in [9.17, 15) is 9.59 Å². The van der Waals surface area contributed by atoms with Crippen LogP contribution in [-0.4, -0.2) is 29.4 Å². The van der Waals surface area contributed by atoms with Gasteiger partial charge < -0.3 is 9.47 Å². The third-order valence-corrected chi connectivity index (χ3v) is 5.93. The van der Waals surface area contributed by atoms with E-state index in [1.165, 1.54) is 18.3 Å². The van der Waals surface area contributed by atoms with E-state index in [1.54, 1.807) is 40.6 Å². The molecule has 168 valence electrons. The largest absolute Gasteiger partial charge is 0.494 e. The third-order valence-electron chi connectivity index (χ3n) is 5.08. The fraction of sp³-hybridized carbons (Fsp3) is 0.200. The second-order valence-electron chi connectivity index (χ2n) is 7.47. The van der Waals surface area contributed by atoms with E-state index in [-0.39, 0.29) is 17.5 Å². The van der Waals surface area contributed by atoms with Crippen LogP contribution in [0.1, 0.15) is 36.2 Å². The fourth-order valence-electron chi connectivity index (χ4n) is 3.27. The number of hydrogen-bond donors (Lipinski definition) is 0. The third kappa shape index (κ3) is 4.85. The van der Waals surface area contributed by atoms with Gasteiger partial charge in [0.25, 0.3) is 0 Å². The zero-order valence-electron chi connectivity index (χ0n) is 18.8. The first kappa shape index (κ1) is 22.4. The minimum absolute atomic E-state index is 0.149. The molecule has 0 unspecified atom stereocenters. The van der Waals surface area contributed by atoms with Gasteiger partial charge in [-0.05, 0) is 74.4 Å². The normalized spacial score (nSPS) is 14.2. The number of esters is 1. The Balaban J connectivity index is 1.59. The summed E-state index contributed by atoms with van der Waals surface area (Å²) in [5, 5.41) is 2.29. The number of nitrogens with zero attached hydrogens (tertiary/aromatic N) is 3. The van der Waals surface area contributed by atoms with E-state index >= 15 is 0 Å². The van der Waals surface area contributed by atoms with Gasteiger partial charge >= 0.3 is 5.97 Å². The number of carbonyl (C=O) groups is 2. The highest BCUT2D eigenvalue weighted by Crippen LogP contribution is 2.31. The predicted molar refractivity (Wildman–Crippen MR) is 129 cm³/mol. The van der Waals surface area contributed by atoms with Crippen LogP contribution in [0.25, 0.3) is 6.08 Å². The summed E-state index contributed by atoms with van der Waals surface area (Å²) in [7, 11) is 0. The number of aromatic nitrogens is 1. The summed E-state index contributed by atoms with van der Waals surface area (Å²) in [5.41, 5.74) is 4.32. The predicted octanol–water partition coefficient (Wildman–Crippen LogP) is 5.19. The molecular formula is C25H23N3O4S. The highest BCUT2D eigenvalue weighted by Gasteiger charge is 2.25. The molecule has 0 aliphatic carbocycles. The molecule has 8 heteroatoms. The maximum absolute atomic E-state index is 12.4. The molecule has 33 heavy (non-hydrogen) atoms. The first-order chi connectivity index (χ1) is 15.9. The minimum Gasteiger partial charge on any atom is -0.494 e. The van der Waals surface area contributed by atoms with Crippen LogP contribution < -0.4 is 9.64 Å². The Morgan fingerprint density at radius 3 is 2.58 bits per heavy atom. The molecule has 0 saturated heterocycles. The first-order valence-electron chi connectivity index (χ1n) is 10.4. The summed E-state index contributed by atoms with van der Waals surface area (Å²) < 4.78 is 10.8. The maximum Gasteiger partial charge on any atom is 0.363 e. The molecule has 3 aromatic rings. The van der Waals surface area contributed by atoms with Gasteiger partial charge in [-0.2, -0.15) is 0 Å². The zero-order valence-corrected chi connectivity index (χ0v) is 19.6. The molecule has 2 aromatic carbocycles. The van der Waals surface area contributed by atoms with E-state index < -0.39 is 5.97 Å². The van der Waals surface area contributed by atoms with Crippen molar-refractivity contribution in [1.82, 2.24) is 4.98 Å². The Bertz CT molecular complexity index is 1280. The van der Waals surface area contributed by atoms with Gasteiger partial charge in [0.1, 0.15) is 5.75 Å². The van der Waals surface area contributed by atoms with Gasteiger partial charge in [0, 0.05) is 17.9 Å². The average molecular weight is 462 g/mol. The molecule has 1 amide bonds. The number of aliphatic imine (C=N–C) groups is 1. The molecule has 2 heterocycles. The SMILES string of the molecule is CCOc1ccc(C2=N/C(=C\c3csc(N(C(C)=O)c4ccc(C)c(C)c4)n3)C(=O)O2)cc1. The Kier molecular flexibility index (Phi) is 6.37. The van der Waals surface area contributed by atoms with Gasteiger partial charge in [0.05, 0.1) is 18.0 Å². The lowest BCUT2D eigenvalue weighted by Crippen LogP contribution is -2.22. The van der Waals surface area contributed by atoms with Crippen LogP contribution in [0, 0.1) is 13.8 Å². The standard InChI is InChI=1S/C25H23N3O4S/c1-5-31-21-10-7-18(8-11-21)23-27-22(24(30)32-23)13-19-14-33-25(26-19)28(17(4)29)20-9-6-15(2)16(3)12-20/h6-14H,5H2,1-4H3/b22-13-. The highest BCUT2D eigenvalue weighted by molar-refractivity contribution is 7.14. The van der Waals surface area contributed by atoms with E-state index in [1.807, 2.05) is 39.0 Å². The minimum atomic E-state index is -0.550. The molecule has 0 saturated carbocycles. The Labute approximate surface area is 196 Å². The van der Waals surface area contributed by atoms with Crippen LogP contribution in [0.4, 0.5) is 10.8 Å². The van der Waals surface area contributed by atoms with Gasteiger partial charge in [-0.1, -0.05) is 6.07 Å². The molecule has 0 atom stereocenters. The van der Waals surface area contributed by atoms with Crippen LogP contribution in [0.3, 0.4) is 0 Å². The van der Waals surface area contributed by atoms with Gasteiger partial charge in [0.2, 0.25) is 11.8 Å². The molecule has 0 spiro atoms. The fourth-order valence-corrected chi connectivity index (χ4v) is 4.11. The van der Waals surface area contributed by atoms with Crippen molar-refractivity contribution in [2.45, 2.75) is 27.7 Å². The highest BCUT2D eigenvalue weighted by atomic mass is 32.1. The summed E-state index contributed by atoms with van der Waals surface area (Å²) in [6, 6.07) is 13.0. The summed E-state index contributed by atoms with van der Waals surface area (Å²) in [6.07, 6.45) is 1.56. The van der Waals surface area contributed by atoms with Crippen molar-refractivity contribution < 1.29 is 19.1 Å². The first-order valence-corrected chi connectivity index (χ1v) is 11.3. The second kappa shape index (κ2) is 9.38. The average Bonchev–Trinajstić information content (AvgIpc) is 3.38. The van der Waals surface area contributed by atoms with E-state index in [2.05, 4.69) is 9.98 Å². The molecule has 1 aromatic heterocycles. The number of benzene rings is 2. The second-order valence-corrected chi connectivity index (χ2v) is 8.31. The summed E-state index contributed by atoms with van der Waals surface area (Å²) >= 11 is 1.31. The number of cyclic esters (lactones) is 1. The van der Waals surface area contributed by atoms with Gasteiger partial charge in [-0.15, -0.1) is 11.3 Å². The lowest BCUT2D eigenvalue weighted by atomic mass is 10.1. The van der Waals surface area contributed by atoms with Crippen LogP contribution in [0.2, 0.25) is 0 Å². The number of ether oxygens (including phenoxy) is 2. The summed E-state index contributed by atoms with van der Waals surface area (Å²) in [4.78, 5) is 35.2. The Morgan fingerprint density at radius 2 is 1.91 bits per heavy atom. The lowest BCUT2D eigenvalue weighted by molar-refractivity contribution is -0.130. The number of anilines is 2. The van der Waals surface area contributed by atoms with Crippen molar-refractivity contribution in [2.24, 2.45) is 4.99 Å². The Hall–Kier alpha value is -3.78. The molecule has 0 fully saturated rings. The van der Waals surface area contributed by atoms with Crippen molar-refractivity contribution >= 4 is 46.0 Å². The topological polar surface area (TPSA) is 81.1 Å². The van der Waals surface area contributed by atoms with Crippen LogP contribution in [0.5, 0.6) is 5.75 Å². The van der Waals surface area contributed by atoms with Crippen molar-refractivity contribution in [3.63, 3.8) is 0 Å². The number of amides is 1. The van der Waals surface area contributed by atoms with Crippen molar-refractivity contribution in [3.8, 4) is 5.75 Å². The molecule has 0 bridgehead atoms. The molecule has 4 rings (SSSR count). The van der Waals surface area contributed by atoms with Crippen LogP contribution in [-0.2, 0) is 14.3 Å². The van der Waals surface area contributed by atoms with E-state index in [0.29, 0.717) is 23.0 Å². The maximum atomic E-state index is 12.4. The number of aryl methyl sites for hydroxylation is 2. The molecule has 1 aliphatic heterocycles. The zero-order chi connectivity index (χ0) is 23.5. The van der Waals surface area contributed by atoms with Crippen LogP contribution >= 0.6 is 11.3 Å². The van der Waals surface area contributed by atoms with Gasteiger partial charge in [0.15, 0.2) is 10.8 Å². The summed E-state index contributed by atoms with van der Waals surface area (Å²) in [6.45, 7) is 8.00. The number of thiazole rings is 1. The van der Waals surface area contributed by atoms with Crippen molar-refractivity contribution in [3.05, 3.63) is 75.9 Å². The van der Waals surface area contributed by atoms with Gasteiger partial charge in [-0.3, -0.25) is 9.69 Å². The monoisotopic (exact) mass is 461 g/mol. The molecule has 1 aliphatic rings. The molecule has 0 radical (unpaired) electrons. The van der Waals surface area contributed by atoms with Crippen molar-refractivity contribution in [2.75, 3.05) is 11.5 Å². The lowest BCUT2D eigenvalue weighted by Gasteiger charge is -2.19. The molecular weight excluding hydrogens is 438 g/mol. The van der Waals surface area contributed by atoms with E-state index in [0.717, 1.165) is 22.6 Å². The molecule has 0 N–H and O–H groups in total.